The maximum atomic E-state index is 9.67. The molecule has 0 spiro atoms. The van der Waals surface area contributed by atoms with Crippen molar-refractivity contribution in [3.8, 4) is 17.2 Å². The molecule has 1 rings (SSSR count). The number of phenols is 3. The lowest BCUT2D eigenvalue weighted by molar-refractivity contribution is 0.224. The average molecular weight is 244 g/mol. The molecule has 0 amide bonds. The Morgan fingerprint density at radius 1 is 1.00 bits per heavy atom. The first-order chi connectivity index (χ1) is 7.61. The summed E-state index contributed by atoms with van der Waals surface area (Å²) in [5, 5.41) is 28.7. The largest absolute Gasteiger partial charge is 0.504 e. The normalized spacial score (nSPS) is 10.9. The molecular weight excluding hydrogens is 228 g/mol. The molecule has 0 aliphatic rings. The van der Waals surface area contributed by atoms with Gasteiger partial charge in [-0.2, -0.15) is 0 Å². The van der Waals surface area contributed by atoms with E-state index < -0.39 is 15.0 Å². The topological polar surface area (TPSA) is 79.2 Å². The van der Waals surface area contributed by atoms with Gasteiger partial charge in [-0.25, -0.2) is 0 Å². The van der Waals surface area contributed by atoms with Crippen LogP contribution in [0.5, 0.6) is 17.2 Å². The molecule has 0 aliphatic heterocycles. The van der Waals surface area contributed by atoms with E-state index in [1.807, 2.05) is 13.8 Å². The second-order valence-corrected chi connectivity index (χ2v) is 5.07. The van der Waals surface area contributed by atoms with Gasteiger partial charge in [0.1, 0.15) is 0 Å². The van der Waals surface area contributed by atoms with Crippen molar-refractivity contribution in [3.05, 3.63) is 12.1 Å². The fraction of sp³-hybridized carbons (Fsp3) is 0.400. The summed E-state index contributed by atoms with van der Waals surface area (Å²) in [4.78, 5) is 0. The Labute approximate surface area is 95.7 Å². The SMILES string of the molecule is CCO[SiH](OCC)c1ccc(O)c(O)c1O. The summed E-state index contributed by atoms with van der Waals surface area (Å²) in [6, 6.07) is 2.81. The third-order valence-corrected chi connectivity index (χ3v) is 4.30. The summed E-state index contributed by atoms with van der Waals surface area (Å²) in [6.45, 7) is 4.60. The zero-order chi connectivity index (χ0) is 12.1. The third-order valence-electron chi connectivity index (χ3n) is 2.05. The summed E-state index contributed by atoms with van der Waals surface area (Å²) in [6.07, 6.45) is 0. The number of aromatic hydroxyl groups is 3. The van der Waals surface area contributed by atoms with Crippen LogP contribution < -0.4 is 5.19 Å². The zero-order valence-corrected chi connectivity index (χ0v) is 10.5. The van der Waals surface area contributed by atoms with Gasteiger partial charge in [-0.15, -0.1) is 0 Å². The second kappa shape index (κ2) is 5.74. The molecule has 1 aromatic carbocycles. The Morgan fingerprint density at radius 3 is 2.06 bits per heavy atom. The standard InChI is InChI=1S/C10H16O5Si/c1-3-14-16(15-4-2)8-6-5-7(11)9(12)10(8)13/h5-6,11-13,16H,3-4H2,1-2H3. The Morgan fingerprint density at radius 2 is 1.56 bits per heavy atom. The highest BCUT2D eigenvalue weighted by molar-refractivity contribution is 6.62. The van der Waals surface area contributed by atoms with Crippen LogP contribution in [-0.4, -0.2) is 37.8 Å². The van der Waals surface area contributed by atoms with Gasteiger partial charge in [0.25, 0.3) is 0 Å². The minimum atomic E-state index is -2.20. The molecule has 16 heavy (non-hydrogen) atoms. The molecule has 0 radical (unpaired) electrons. The van der Waals surface area contributed by atoms with E-state index in [1.165, 1.54) is 12.1 Å². The van der Waals surface area contributed by atoms with E-state index in [1.54, 1.807) is 0 Å². The van der Waals surface area contributed by atoms with Crippen molar-refractivity contribution in [1.82, 2.24) is 0 Å². The molecule has 6 heteroatoms. The van der Waals surface area contributed by atoms with E-state index in [-0.39, 0.29) is 11.5 Å². The first-order valence-electron chi connectivity index (χ1n) is 5.08. The van der Waals surface area contributed by atoms with Gasteiger partial charge in [0.05, 0.1) is 0 Å². The number of hydrogen-bond donors (Lipinski definition) is 3. The first-order valence-corrected chi connectivity index (χ1v) is 6.60. The highest BCUT2D eigenvalue weighted by Gasteiger charge is 2.23. The number of rotatable bonds is 5. The molecule has 3 N–H and O–H groups in total. The van der Waals surface area contributed by atoms with Crippen LogP contribution >= 0.6 is 0 Å². The number of phenolic OH excluding ortho intramolecular Hbond substituents is 3. The monoisotopic (exact) mass is 244 g/mol. The predicted octanol–water partition coefficient (Wildman–Crippen LogP) is 0.304. The summed E-state index contributed by atoms with van der Waals surface area (Å²) in [5.74, 6) is -1.25. The highest BCUT2D eigenvalue weighted by Crippen LogP contribution is 2.32. The average Bonchev–Trinajstić information content (AvgIpc) is 2.26. The molecule has 5 nitrogen and oxygen atoms in total. The lowest BCUT2D eigenvalue weighted by atomic mass is 10.3. The van der Waals surface area contributed by atoms with Crippen molar-refractivity contribution in [2.45, 2.75) is 13.8 Å². The van der Waals surface area contributed by atoms with E-state index in [4.69, 9.17) is 8.85 Å². The van der Waals surface area contributed by atoms with Crippen molar-refractivity contribution >= 4 is 14.5 Å². The number of hydrogen-bond acceptors (Lipinski definition) is 5. The fourth-order valence-electron chi connectivity index (χ4n) is 1.31. The molecule has 0 atom stereocenters. The molecule has 0 fully saturated rings. The summed E-state index contributed by atoms with van der Waals surface area (Å²) >= 11 is 0. The van der Waals surface area contributed by atoms with Crippen molar-refractivity contribution in [2.24, 2.45) is 0 Å². The molecule has 0 saturated carbocycles. The minimum absolute atomic E-state index is 0.359. The van der Waals surface area contributed by atoms with Crippen molar-refractivity contribution in [3.63, 3.8) is 0 Å². The van der Waals surface area contributed by atoms with Crippen LogP contribution in [0.15, 0.2) is 12.1 Å². The van der Waals surface area contributed by atoms with Gasteiger partial charge < -0.3 is 24.2 Å². The molecule has 0 bridgehead atoms. The van der Waals surface area contributed by atoms with Crippen LogP contribution in [0.25, 0.3) is 0 Å². The quantitative estimate of drug-likeness (QED) is 0.513. The van der Waals surface area contributed by atoms with Gasteiger partial charge in [-0.05, 0) is 19.9 Å². The molecule has 0 unspecified atom stereocenters. The Bertz CT molecular complexity index is 349. The molecule has 0 aliphatic carbocycles. The first kappa shape index (κ1) is 12.8. The summed E-state index contributed by atoms with van der Waals surface area (Å²) in [7, 11) is -2.20. The Hall–Kier alpha value is -1.24. The molecular formula is C10H16O5Si. The van der Waals surface area contributed by atoms with E-state index in [2.05, 4.69) is 0 Å². The van der Waals surface area contributed by atoms with E-state index in [9.17, 15) is 15.3 Å². The van der Waals surface area contributed by atoms with Gasteiger partial charge in [-0.1, -0.05) is 6.07 Å². The van der Waals surface area contributed by atoms with E-state index in [0.29, 0.717) is 18.4 Å². The molecule has 90 valence electrons. The smallest absolute Gasteiger partial charge is 0.359 e. The summed E-state index contributed by atoms with van der Waals surface area (Å²) in [5.41, 5.74) is 0. The Kier molecular flexibility index (Phi) is 4.60. The summed E-state index contributed by atoms with van der Waals surface area (Å²) < 4.78 is 10.8. The van der Waals surface area contributed by atoms with Crippen LogP contribution in [0.3, 0.4) is 0 Å². The molecule has 0 heterocycles. The molecule has 0 saturated heterocycles. The van der Waals surface area contributed by atoms with E-state index in [0.717, 1.165) is 0 Å². The fourth-order valence-corrected chi connectivity index (χ4v) is 2.98. The molecule has 0 aromatic heterocycles. The second-order valence-electron chi connectivity index (χ2n) is 3.11. The lowest BCUT2D eigenvalue weighted by Crippen LogP contribution is -2.37. The van der Waals surface area contributed by atoms with Gasteiger partial charge in [-0.3, -0.25) is 0 Å². The Balaban J connectivity index is 3.04. The van der Waals surface area contributed by atoms with Crippen LogP contribution in [0.2, 0.25) is 0 Å². The van der Waals surface area contributed by atoms with Gasteiger partial charge >= 0.3 is 9.28 Å². The lowest BCUT2D eigenvalue weighted by Gasteiger charge is -2.16. The maximum absolute atomic E-state index is 9.67. The van der Waals surface area contributed by atoms with Crippen LogP contribution in [0.4, 0.5) is 0 Å². The highest BCUT2D eigenvalue weighted by atomic mass is 28.3. The van der Waals surface area contributed by atoms with Gasteiger partial charge in [0.15, 0.2) is 17.2 Å². The molecule has 1 aromatic rings. The minimum Gasteiger partial charge on any atom is -0.504 e. The van der Waals surface area contributed by atoms with Gasteiger partial charge in [0.2, 0.25) is 0 Å². The van der Waals surface area contributed by atoms with Crippen LogP contribution in [0.1, 0.15) is 13.8 Å². The maximum Gasteiger partial charge on any atom is 0.359 e. The third kappa shape index (κ3) is 2.66. The van der Waals surface area contributed by atoms with Crippen molar-refractivity contribution < 1.29 is 24.2 Å². The van der Waals surface area contributed by atoms with Crippen molar-refractivity contribution in [1.29, 1.82) is 0 Å². The predicted molar refractivity (Wildman–Crippen MR) is 61.5 cm³/mol. The van der Waals surface area contributed by atoms with Crippen molar-refractivity contribution in [2.75, 3.05) is 13.2 Å². The van der Waals surface area contributed by atoms with Gasteiger partial charge in [0, 0.05) is 18.4 Å². The van der Waals surface area contributed by atoms with Crippen LogP contribution in [0, 0.1) is 0 Å². The van der Waals surface area contributed by atoms with Crippen LogP contribution in [-0.2, 0) is 8.85 Å². The number of benzene rings is 1. The zero-order valence-electron chi connectivity index (χ0n) is 9.30. The van der Waals surface area contributed by atoms with E-state index >= 15 is 0 Å².